The van der Waals surface area contributed by atoms with Gasteiger partial charge in [-0.05, 0) is 33.6 Å². The molecule has 21 heavy (non-hydrogen) atoms. The lowest BCUT2D eigenvalue weighted by atomic mass is 10.1. The molecule has 0 spiro atoms. The van der Waals surface area contributed by atoms with Crippen molar-refractivity contribution in [2.24, 2.45) is 0 Å². The van der Waals surface area contributed by atoms with E-state index in [4.69, 9.17) is 4.42 Å². The lowest BCUT2D eigenvalue weighted by Crippen LogP contribution is -2.22. The largest absolute Gasteiger partial charge is 0.459 e. The van der Waals surface area contributed by atoms with Crippen LogP contribution in [0.3, 0.4) is 0 Å². The van der Waals surface area contributed by atoms with Gasteiger partial charge >= 0.3 is 0 Å². The predicted molar refractivity (Wildman–Crippen MR) is 87.3 cm³/mol. The van der Waals surface area contributed by atoms with E-state index in [2.05, 4.69) is 21.2 Å². The second kappa shape index (κ2) is 6.28. The molecule has 5 heteroatoms. The van der Waals surface area contributed by atoms with E-state index < -0.39 is 0 Å². The number of amides is 1. The number of hydrogen-bond donors (Lipinski definition) is 1. The summed E-state index contributed by atoms with van der Waals surface area (Å²) in [6.07, 6.45) is 1.54. The van der Waals surface area contributed by atoms with Gasteiger partial charge in [-0.25, -0.2) is 0 Å². The minimum atomic E-state index is -0.205. The molecule has 3 nitrogen and oxygen atoms in total. The van der Waals surface area contributed by atoms with E-state index >= 15 is 0 Å². The van der Waals surface area contributed by atoms with Gasteiger partial charge in [0.2, 0.25) is 0 Å². The molecular weight excluding hydrogens is 350 g/mol. The normalized spacial score (nSPS) is 10.5. The number of rotatable bonds is 4. The molecule has 0 bridgehead atoms. The molecule has 0 fully saturated rings. The first-order valence-electron chi connectivity index (χ1n) is 6.38. The first-order valence-corrected chi connectivity index (χ1v) is 8.05. The molecule has 1 aromatic carbocycles. The van der Waals surface area contributed by atoms with E-state index in [1.807, 2.05) is 47.8 Å². The zero-order valence-electron chi connectivity index (χ0n) is 11.0. The van der Waals surface area contributed by atoms with Crippen molar-refractivity contribution in [1.82, 2.24) is 5.32 Å². The average molecular weight is 362 g/mol. The summed E-state index contributed by atoms with van der Waals surface area (Å²) in [5.41, 5.74) is 1.77. The standard InChI is InChI=1S/C16H12BrNO2S/c17-12-8-13(21-10-12)9-18-16(19)15-14(6-7-20-15)11-4-2-1-3-5-11/h1-8,10H,9H2,(H,18,19). The van der Waals surface area contributed by atoms with Crippen molar-refractivity contribution in [3.8, 4) is 11.1 Å². The van der Waals surface area contributed by atoms with E-state index in [9.17, 15) is 4.79 Å². The molecular formula is C16H12BrNO2S. The van der Waals surface area contributed by atoms with Crippen LogP contribution in [0.4, 0.5) is 0 Å². The molecule has 0 saturated heterocycles. The van der Waals surface area contributed by atoms with Crippen LogP contribution in [-0.2, 0) is 6.54 Å². The Bertz CT molecular complexity index is 748. The highest BCUT2D eigenvalue weighted by atomic mass is 79.9. The number of halogens is 1. The van der Waals surface area contributed by atoms with Crippen molar-refractivity contribution < 1.29 is 9.21 Å². The van der Waals surface area contributed by atoms with Crippen LogP contribution in [-0.4, -0.2) is 5.91 Å². The Labute approximate surface area is 134 Å². The van der Waals surface area contributed by atoms with Crippen LogP contribution in [0.5, 0.6) is 0 Å². The monoisotopic (exact) mass is 361 g/mol. The summed E-state index contributed by atoms with van der Waals surface area (Å²) in [7, 11) is 0. The number of nitrogens with one attached hydrogen (secondary N) is 1. The molecule has 1 N–H and O–H groups in total. The van der Waals surface area contributed by atoms with Gasteiger partial charge in [0, 0.05) is 20.3 Å². The van der Waals surface area contributed by atoms with E-state index in [0.717, 1.165) is 20.5 Å². The minimum Gasteiger partial charge on any atom is -0.459 e. The summed E-state index contributed by atoms with van der Waals surface area (Å²) in [5.74, 6) is 0.139. The maximum absolute atomic E-state index is 12.3. The Morgan fingerprint density at radius 3 is 2.76 bits per heavy atom. The molecule has 2 heterocycles. The number of thiophene rings is 1. The SMILES string of the molecule is O=C(NCc1cc(Br)cs1)c1occc1-c1ccccc1. The molecule has 3 rings (SSSR count). The van der Waals surface area contributed by atoms with Gasteiger partial charge in [0.15, 0.2) is 5.76 Å². The molecule has 0 aliphatic heterocycles. The van der Waals surface area contributed by atoms with Crippen molar-refractivity contribution in [1.29, 1.82) is 0 Å². The molecule has 0 atom stereocenters. The van der Waals surface area contributed by atoms with Crippen molar-refractivity contribution >= 4 is 33.2 Å². The van der Waals surface area contributed by atoms with Crippen LogP contribution in [0.2, 0.25) is 0 Å². The van der Waals surface area contributed by atoms with Gasteiger partial charge in [-0.1, -0.05) is 30.3 Å². The molecule has 3 aromatic rings. The zero-order chi connectivity index (χ0) is 14.7. The maximum atomic E-state index is 12.3. The Hall–Kier alpha value is -1.85. The Balaban J connectivity index is 1.75. The lowest BCUT2D eigenvalue weighted by molar-refractivity contribution is 0.0924. The Morgan fingerprint density at radius 1 is 1.24 bits per heavy atom. The first kappa shape index (κ1) is 14.1. The topological polar surface area (TPSA) is 42.2 Å². The summed E-state index contributed by atoms with van der Waals surface area (Å²) in [4.78, 5) is 13.4. The van der Waals surface area contributed by atoms with E-state index in [-0.39, 0.29) is 5.91 Å². The summed E-state index contributed by atoms with van der Waals surface area (Å²) in [5, 5.41) is 4.87. The van der Waals surface area contributed by atoms with Crippen LogP contribution >= 0.6 is 27.3 Å². The van der Waals surface area contributed by atoms with E-state index in [1.165, 1.54) is 0 Å². The molecule has 0 aliphatic carbocycles. The van der Waals surface area contributed by atoms with Gasteiger partial charge in [-0.2, -0.15) is 0 Å². The second-order valence-corrected chi connectivity index (χ2v) is 6.35. The van der Waals surface area contributed by atoms with Crippen LogP contribution in [0, 0.1) is 0 Å². The highest BCUT2D eigenvalue weighted by Crippen LogP contribution is 2.25. The fraction of sp³-hybridized carbons (Fsp3) is 0.0625. The third-order valence-corrected chi connectivity index (χ3v) is 4.70. The van der Waals surface area contributed by atoms with Gasteiger partial charge in [0.1, 0.15) is 0 Å². The third kappa shape index (κ3) is 3.25. The maximum Gasteiger partial charge on any atom is 0.287 e. The molecule has 0 saturated carbocycles. The molecule has 0 unspecified atom stereocenters. The van der Waals surface area contributed by atoms with Crippen LogP contribution in [0.15, 0.2) is 63.0 Å². The number of furan rings is 1. The van der Waals surface area contributed by atoms with Crippen LogP contribution in [0.1, 0.15) is 15.4 Å². The van der Waals surface area contributed by atoms with E-state index in [0.29, 0.717) is 12.3 Å². The second-order valence-electron chi connectivity index (χ2n) is 4.44. The molecule has 0 radical (unpaired) electrons. The predicted octanol–water partition coefficient (Wildman–Crippen LogP) is 4.70. The van der Waals surface area contributed by atoms with Gasteiger partial charge in [0.25, 0.3) is 5.91 Å². The molecule has 2 aromatic heterocycles. The smallest absolute Gasteiger partial charge is 0.287 e. The quantitative estimate of drug-likeness (QED) is 0.731. The van der Waals surface area contributed by atoms with Gasteiger partial charge < -0.3 is 9.73 Å². The summed E-state index contributed by atoms with van der Waals surface area (Å²) in [6, 6.07) is 13.5. The van der Waals surface area contributed by atoms with E-state index in [1.54, 1.807) is 17.6 Å². The highest BCUT2D eigenvalue weighted by molar-refractivity contribution is 9.10. The summed E-state index contributed by atoms with van der Waals surface area (Å²) >= 11 is 5.00. The number of carbonyl (C=O) groups excluding carboxylic acids is 1. The third-order valence-electron chi connectivity index (χ3n) is 3.00. The first-order chi connectivity index (χ1) is 10.2. The Morgan fingerprint density at radius 2 is 2.05 bits per heavy atom. The average Bonchev–Trinajstić information content (AvgIpc) is 3.14. The lowest BCUT2D eigenvalue weighted by Gasteiger charge is -2.04. The highest BCUT2D eigenvalue weighted by Gasteiger charge is 2.16. The minimum absolute atomic E-state index is 0.205. The van der Waals surface area contributed by atoms with Gasteiger partial charge in [-0.3, -0.25) is 4.79 Å². The summed E-state index contributed by atoms with van der Waals surface area (Å²) in [6.45, 7) is 0.490. The number of benzene rings is 1. The van der Waals surface area contributed by atoms with Gasteiger partial charge in [0.05, 0.1) is 12.8 Å². The van der Waals surface area contributed by atoms with Crippen LogP contribution < -0.4 is 5.32 Å². The van der Waals surface area contributed by atoms with Crippen LogP contribution in [0.25, 0.3) is 11.1 Å². The zero-order valence-corrected chi connectivity index (χ0v) is 13.4. The summed E-state index contributed by atoms with van der Waals surface area (Å²) < 4.78 is 6.38. The molecule has 1 amide bonds. The van der Waals surface area contributed by atoms with Crippen molar-refractivity contribution in [2.45, 2.75) is 6.54 Å². The molecule has 0 aliphatic rings. The van der Waals surface area contributed by atoms with Gasteiger partial charge in [-0.15, -0.1) is 11.3 Å². The fourth-order valence-electron chi connectivity index (χ4n) is 2.02. The fourth-order valence-corrected chi connectivity index (χ4v) is 3.42. The van der Waals surface area contributed by atoms with Crippen molar-refractivity contribution in [3.63, 3.8) is 0 Å². The number of carbonyl (C=O) groups is 1. The molecule has 106 valence electrons. The van der Waals surface area contributed by atoms with Crippen molar-refractivity contribution in [2.75, 3.05) is 0 Å². The van der Waals surface area contributed by atoms with Crippen molar-refractivity contribution in [3.05, 3.63) is 69.2 Å². The number of hydrogen-bond acceptors (Lipinski definition) is 3. The Kier molecular flexibility index (Phi) is 4.22.